The van der Waals surface area contributed by atoms with Crippen LogP contribution in [0.3, 0.4) is 0 Å². The van der Waals surface area contributed by atoms with E-state index in [1.54, 1.807) is 4.90 Å². The third-order valence-corrected chi connectivity index (χ3v) is 4.47. The molecule has 0 spiro atoms. The Morgan fingerprint density at radius 2 is 1.88 bits per heavy atom. The minimum atomic E-state index is -0.584. The number of halogens is 1. The number of rotatable bonds is 7. The lowest BCUT2D eigenvalue weighted by atomic mass is 9.85. The van der Waals surface area contributed by atoms with Crippen molar-refractivity contribution < 1.29 is 9.59 Å². The third kappa shape index (κ3) is 5.49. The summed E-state index contributed by atoms with van der Waals surface area (Å²) in [5.41, 5.74) is 6.69. The molecule has 1 aromatic rings. The van der Waals surface area contributed by atoms with Crippen LogP contribution >= 0.6 is 12.4 Å². The first-order chi connectivity index (χ1) is 11.0. The van der Waals surface area contributed by atoms with Crippen LogP contribution in [-0.4, -0.2) is 30.9 Å². The first-order valence-corrected chi connectivity index (χ1v) is 8.37. The number of nitrogens with one attached hydrogen (secondary N) is 1. The van der Waals surface area contributed by atoms with Gasteiger partial charge in [0, 0.05) is 12.2 Å². The molecular formula is C18H28ClN3O2. The van der Waals surface area contributed by atoms with Gasteiger partial charge in [0.1, 0.15) is 0 Å². The lowest BCUT2D eigenvalue weighted by Gasteiger charge is -2.32. The maximum atomic E-state index is 12.6. The van der Waals surface area contributed by atoms with E-state index in [-0.39, 0.29) is 36.7 Å². The van der Waals surface area contributed by atoms with Crippen molar-refractivity contribution >= 4 is 29.9 Å². The van der Waals surface area contributed by atoms with Crippen molar-refractivity contribution in [1.29, 1.82) is 0 Å². The van der Waals surface area contributed by atoms with Gasteiger partial charge in [0.2, 0.25) is 11.8 Å². The number of benzene rings is 1. The molecule has 1 saturated carbocycles. The van der Waals surface area contributed by atoms with E-state index in [4.69, 9.17) is 5.73 Å². The van der Waals surface area contributed by atoms with Gasteiger partial charge in [-0.2, -0.15) is 0 Å². The van der Waals surface area contributed by atoms with Gasteiger partial charge < -0.3 is 16.0 Å². The summed E-state index contributed by atoms with van der Waals surface area (Å²) in [6.45, 7) is 4.48. The molecule has 1 aliphatic carbocycles. The second kappa shape index (κ2) is 9.64. The predicted molar refractivity (Wildman–Crippen MR) is 99.2 cm³/mol. The molecule has 1 fully saturated rings. The fraction of sp³-hybridized carbons (Fsp3) is 0.556. The van der Waals surface area contributed by atoms with E-state index in [0.717, 1.165) is 12.2 Å². The van der Waals surface area contributed by atoms with Gasteiger partial charge in [-0.1, -0.05) is 38.5 Å². The molecule has 3 N–H and O–H groups in total. The van der Waals surface area contributed by atoms with Gasteiger partial charge in [-0.05, 0) is 36.8 Å². The van der Waals surface area contributed by atoms with E-state index in [0.29, 0.717) is 5.92 Å². The van der Waals surface area contributed by atoms with Crippen LogP contribution in [0.25, 0.3) is 0 Å². The highest BCUT2D eigenvalue weighted by Gasteiger charge is 2.25. The highest BCUT2D eigenvalue weighted by atomic mass is 35.5. The van der Waals surface area contributed by atoms with Crippen LogP contribution in [0.5, 0.6) is 0 Å². The average Bonchev–Trinajstić information content (AvgIpc) is 2.51. The number of hydrogen-bond donors (Lipinski definition) is 2. The van der Waals surface area contributed by atoms with Gasteiger partial charge in [0.05, 0.1) is 12.6 Å². The quantitative estimate of drug-likeness (QED) is 0.790. The van der Waals surface area contributed by atoms with Crippen molar-refractivity contribution in [2.75, 3.05) is 18.0 Å². The summed E-state index contributed by atoms with van der Waals surface area (Å²) in [6, 6.07) is 9.04. The summed E-state index contributed by atoms with van der Waals surface area (Å²) in [6.07, 6.45) is 3.57. The first kappa shape index (κ1) is 20.5. The number of para-hydroxylation sites is 1. The van der Waals surface area contributed by atoms with Gasteiger partial charge in [-0.15, -0.1) is 12.4 Å². The zero-order valence-corrected chi connectivity index (χ0v) is 15.2. The minimum Gasteiger partial charge on any atom is -0.346 e. The van der Waals surface area contributed by atoms with Gasteiger partial charge in [-0.25, -0.2) is 0 Å². The number of anilines is 1. The Bertz CT molecular complexity index is 532. The summed E-state index contributed by atoms with van der Waals surface area (Å²) in [5.74, 6) is 0.246. The third-order valence-electron chi connectivity index (χ3n) is 4.47. The van der Waals surface area contributed by atoms with Crippen LogP contribution in [-0.2, 0) is 9.59 Å². The van der Waals surface area contributed by atoms with Crippen molar-refractivity contribution in [3.8, 4) is 0 Å². The van der Waals surface area contributed by atoms with Gasteiger partial charge in [0.15, 0.2) is 0 Å². The van der Waals surface area contributed by atoms with Crippen molar-refractivity contribution in [2.45, 2.75) is 39.2 Å². The van der Waals surface area contributed by atoms with Crippen LogP contribution in [0.15, 0.2) is 30.3 Å². The topological polar surface area (TPSA) is 75.4 Å². The lowest BCUT2D eigenvalue weighted by molar-refractivity contribution is -0.126. The summed E-state index contributed by atoms with van der Waals surface area (Å²) < 4.78 is 0. The Balaban J connectivity index is 0.00000288. The number of amides is 2. The normalized spacial score (nSPS) is 15.2. The first-order valence-electron chi connectivity index (χ1n) is 8.37. The largest absolute Gasteiger partial charge is 0.346 e. The monoisotopic (exact) mass is 353 g/mol. The average molecular weight is 354 g/mol. The van der Waals surface area contributed by atoms with Crippen LogP contribution < -0.4 is 16.0 Å². The Morgan fingerprint density at radius 1 is 1.25 bits per heavy atom. The predicted octanol–water partition coefficient (Wildman–Crippen LogP) is 2.34. The van der Waals surface area contributed by atoms with Gasteiger partial charge in [0.25, 0.3) is 0 Å². The zero-order chi connectivity index (χ0) is 16.8. The van der Waals surface area contributed by atoms with E-state index < -0.39 is 6.04 Å². The number of nitrogens with zero attached hydrogens (tertiary/aromatic N) is 1. The molecule has 0 aliphatic heterocycles. The molecule has 1 aliphatic rings. The second-order valence-electron chi connectivity index (χ2n) is 6.62. The minimum absolute atomic E-state index is 0. The van der Waals surface area contributed by atoms with E-state index >= 15 is 0 Å². The molecule has 0 radical (unpaired) electrons. The van der Waals surface area contributed by atoms with Crippen LogP contribution in [0.1, 0.15) is 33.1 Å². The molecule has 2 amide bonds. The maximum absolute atomic E-state index is 12.6. The molecule has 0 heterocycles. The number of carbonyl (C=O) groups excluding carboxylic acids is 2. The Morgan fingerprint density at radius 3 is 2.38 bits per heavy atom. The van der Waals surface area contributed by atoms with Crippen LogP contribution in [0.2, 0.25) is 0 Å². The van der Waals surface area contributed by atoms with Gasteiger partial charge in [-0.3, -0.25) is 9.59 Å². The number of nitrogens with two attached hydrogens (primary N) is 1. The molecule has 1 atom stereocenters. The number of carbonyl (C=O) groups is 2. The van der Waals surface area contributed by atoms with Crippen LogP contribution in [0.4, 0.5) is 5.69 Å². The van der Waals surface area contributed by atoms with Crippen molar-refractivity contribution in [3.05, 3.63) is 30.3 Å². The lowest BCUT2D eigenvalue weighted by Crippen LogP contribution is -2.49. The fourth-order valence-corrected chi connectivity index (χ4v) is 2.57. The summed E-state index contributed by atoms with van der Waals surface area (Å²) >= 11 is 0. The van der Waals surface area contributed by atoms with E-state index in [9.17, 15) is 9.59 Å². The molecule has 5 nitrogen and oxygen atoms in total. The SMILES string of the molecule is CC(C)[C@H](N)C(=O)NCC(=O)N(CC1CCC1)c1ccccc1.Cl. The molecule has 24 heavy (non-hydrogen) atoms. The summed E-state index contributed by atoms with van der Waals surface area (Å²) in [7, 11) is 0. The molecule has 1 aromatic carbocycles. The van der Waals surface area contributed by atoms with Gasteiger partial charge >= 0.3 is 0 Å². The smallest absolute Gasteiger partial charge is 0.246 e. The molecule has 0 unspecified atom stereocenters. The van der Waals surface area contributed by atoms with Crippen LogP contribution in [0, 0.1) is 11.8 Å². The molecular weight excluding hydrogens is 326 g/mol. The number of hydrogen-bond acceptors (Lipinski definition) is 3. The standard InChI is InChI=1S/C18H27N3O2.ClH/c1-13(2)17(19)18(23)20-11-16(22)21(12-14-7-6-8-14)15-9-4-3-5-10-15;/h3-5,9-10,13-14,17H,6-8,11-12,19H2,1-2H3,(H,20,23);1H/t17-;/m0./s1. The summed E-state index contributed by atoms with van der Waals surface area (Å²) in [4.78, 5) is 26.3. The molecule has 134 valence electrons. The zero-order valence-electron chi connectivity index (χ0n) is 14.4. The molecule has 0 aromatic heterocycles. The maximum Gasteiger partial charge on any atom is 0.246 e. The van der Waals surface area contributed by atoms with Crippen molar-refractivity contribution in [1.82, 2.24) is 5.32 Å². The highest BCUT2D eigenvalue weighted by Crippen LogP contribution is 2.29. The molecule has 0 bridgehead atoms. The molecule has 2 rings (SSSR count). The highest BCUT2D eigenvalue weighted by molar-refractivity contribution is 5.97. The van der Waals surface area contributed by atoms with E-state index in [1.165, 1.54) is 19.3 Å². The molecule has 6 heteroatoms. The van der Waals surface area contributed by atoms with E-state index in [1.807, 2.05) is 44.2 Å². The fourth-order valence-electron chi connectivity index (χ4n) is 2.57. The van der Waals surface area contributed by atoms with E-state index in [2.05, 4.69) is 5.32 Å². The Labute approximate surface area is 150 Å². The van der Waals surface area contributed by atoms with Crippen molar-refractivity contribution in [3.63, 3.8) is 0 Å². The second-order valence-corrected chi connectivity index (χ2v) is 6.62. The van der Waals surface area contributed by atoms with Crippen molar-refractivity contribution in [2.24, 2.45) is 17.6 Å². The Hall–Kier alpha value is -1.59. The Kier molecular flexibility index (Phi) is 8.22. The summed E-state index contributed by atoms with van der Waals surface area (Å²) in [5, 5.41) is 2.67. The molecule has 0 saturated heterocycles.